The molecule has 2 aliphatic heterocycles. The van der Waals surface area contributed by atoms with Gasteiger partial charge in [-0.1, -0.05) is 12.1 Å². The summed E-state index contributed by atoms with van der Waals surface area (Å²) in [4.78, 5) is 15.4. The number of para-hydroxylation sites is 1. The summed E-state index contributed by atoms with van der Waals surface area (Å²) >= 11 is 0. The Bertz CT molecular complexity index is 859. The fraction of sp³-hybridized carbons (Fsp3) is 0.583. The first-order valence-electron chi connectivity index (χ1n) is 11.6. The molecule has 2 aromatic rings. The minimum atomic E-state index is -0.0256. The second kappa shape index (κ2) is 10.3. The van der Waals surface area contributed by atoms with Gasteiger partial charge in [-0.2, -0.15) is 5.10 Å². The van der Waals surface area contributed by atoms with E-state index in [1.165, 1.54) is 0 Å². The van der Waals surface area contributed by atoms with Gasteiger partial charge >= 0.3 is 0 Å². The molecule has 0 unspecified atom stereocenters. The molecule has 1 saturated heterocycles. The van der Waals surface area contributed by atoms with Crippen LogP contribution in [0.3, 0.4) is 0 Å². The number of hydrogen-bond acceptors (Lipinski definition) is 5. The number of nitrogens with zero attached hydrogens (tertiary/aromatic N) is 3. The van der Waals surface area contributed by atoms with Crippen LogP contribution >= 0.6 is 0 Å². The summed E-state index contributed by atoms with van der Waals surface area (Å²) in [6.07, 6.45) is 7.38. The third-order valence-corrected chi connectivity index (χ3v) is 6.63. The van der Waals surface area contributed by atoms with Crippen molar-refractivity contribution < 1.29 is 9.53 Å². The van der Waals surface area contributed by atoms with E-state index in [1.807, 2.05) is 42.2 Å². The maximum atomic E-state index is 12.9. The Hall–Kier alpha value is -2.38. The minimum absolute atomic E-state index is 0.0256. The van der Waals surface area contributed by atoms with Gasteiger partial charge in [-0.25, -0.2) is 0 Å². The predicted molar refractivity (Wildman–Crippen MR) is 121 cm³/mol. The maximum Gasteiger partial charge on any atom is 0.255 e. The molecule has 31 heavy (non-hydrogen) atoms. The zero-order chi connectivity index (χ0) is 21.5. The number of carbonyl (C=O) groups excluding carboxylic acids is 1. The Kier molecular flexibility index (Phi) is 7.25. The highest BCUT2D eigenvalue weighted by molar-refractivity contribution is 5.96. The summed E-state index contributed by atoms with van der Waals surface area (Å²) in [5.74, 6) is 0.648. The summed E-state index contributed by atoms with van der Waals surface area (Å²) < 4.78 is 7.89. The van der Waals surface area contributed by atoms with Crippen molar-refractivity contribution in [3.05, 3.63) is 47.8 Å². The van der Waals surface area contributed by atoms with E-state index in [0.29, 0.717) is 17.9 Å². The Labute approximate surface area is 185 Å². The van der Waals surface area contributed by atoms with Gasteiger partial charge in [-0.3, -0.25) is 14.4 Å². The summed E-state index contributed by atoms with van der Waals surface area (Å²) in [6, 6.07) is 9.68. The number of amides is 1. The quantitative estimate of drug-likeness (QED) is 0.774. The van der Waals surface area contributed by atoms with Crippen LogP contribution in [0.15, 0.2) is 36.5 Å². The summed E-state index contributed by atoms with van der Waals surface area (Å²) in [6.45, 7) is 6.22. The molecule has 2 aliphatic rings. The summed E-state index contributed by atoms with van der Waals surface area (Å²) in [5, 5.41) is 11.3. The molecular formula is C24H35N5O2. The number of nitrogens with one attached hydrogen (secondary N) is 2. The van der Waals surface area contributed by atoms with Crippen LogP contribution in [0, 0.1) is 5.41 Å². The van der Waals surface area contributed by atoms with Crippen molar-refractivity contribution >= 4 is 5.91 Å². The molecule has 4 rings (SSSR count). The molecule has 3 heterocycles. The van der Waals surface area contributed by atoms with Crippen molar-refractivity contribution in [3.63, 3.8) is 0 Å². The molecule has 0 atom stereocenters. The first-order chi connectivity index (χ1) is 15.1. The molecule has 0 radical (unpaired) electrons. The van der Waals surface area contributed by atoms with E-state index in [-0.39, 0.29) is 11.3 Å². The average Bonchev–Trinajstić information content (AvgIpc) is 3.20. The van der Waals surface area contributed by atoms with Crippen molar-refractivity contribution in [2.45, 2.75) is 38.6 Å². The van der Waals surface area contributed by atoms with Crippen LogP contribution in [0.4, 0.5) is 0 Å². The Balaban J connectivity index is 1.50. The van der Waals surface area contributed by atoms with E-state index in [0.717, 1.165) is 77.1 Å². The second-order valence-corrected chi connectivity index (χ2v) is 8.99. The lowest BCUT2D eigenvalue weighted by molar-refractivity contribution is 0.0892. The third-order valence-electron chi connectivity index (χ3n) is 6.63. The normalized spacial score (nSPS) is 21.0. The van der Waals surface area contributed by atoms with Crippen molar-refractivity contribution in [2.75, 3.05) is 39.3 Å². The molecule has 2 N–H and O–H groups in total. The topological polar surface area (TPSA) is 71.4 Å². The van der Waals surface area contributed by atoms with Gasteiger partial charge < -0.3 is 15.4 Å². The van der Waals surface area contributed by atoms with Crippen LogP contribution in [-0.4, -0.2) is 59.9 Å². The number of piperidine rings is 1. The van der Waals surface area contributed by atoms with Gasteiger partial charge in [0.05, 0.1) is 17.9 Å². The van der Waals surface area contributed by atoms with Crippen LogP contribution in [-0.2, 0) is 13.6 Å². The fourth-order valence-corrected chi connectivity index (χ4v) is 4.81. The summed E-state index contributed by atoms with van der Waals surface area (Å²) in [7, 11) is 1.97. The van der Waals surface area contributed by atoms with Gasteiger partial charge in [0, 0.05) is 32.9 Å². The molecule has 1 spiro atoms. The van der Waals surface area contributed by atoms with E-state index in [4.69, 9.17) is 4.74 Å². The molecule has 0 aliphatic carbocycles. The average molecular weight is 426 g/mol. The van der Waals surface area contributed by atoms with Crippen LogP contribution < -0.4 is 15.4 Å². The Morgan fingerprint density at radius 3 is 2.71 bits per heavy atom. The number of carbonyl (C=O) groups is 1. The van der Waals surface area contributed by atoms with Crippen LogP contribution in [0.2, 0.25) is 0 Å². The smallest absolute Gasteiger partial charge is 0.255 e. The molecule has 1 aromatic carbocycles. The number of ether oxygens (including phenoxy) is 1. The molecular weight excluding hydrogens is 390 g/mol. The van der Waals surface area contributed by atoms with Crippen LogP contribution in [0.5, 0.6) is 5.75 Å². The molecule has 168 valence electrons. The van der Waals surface area contributed by atoms with Gasteiger partial charge in [0.15, 0.2) is 0 Å². The highest BCUT2D eigenvalue weighted by Gasteiger charge is 2.32. The fourth-order valence-electron chi connectivity index (χ4n) is 4.81. The Morgan fingerprint density at radius 1 is 1.10 bits per heavy atom. The molecule has 7 nitrogen and oxygen atoms in total. The Morgan fingerprint density at radius 2 is 1.90 bits per heavy atom. The standard InChI is InChI=1S/C24H35N5O2/c1-28-16-8-20(27-28)18-29-14-4-9-24(10-12-25-13-11-24)19-26-23(30)21-6-2-3-7-22(21)31-17-5-15-29/h2-3,6-8,16,25H,4-5,9-15,17-19H2,1H3,(H,26,30). The third kappa shape index (κ3) is 5.86. The molecule has 1 aromatic heterocycles. The SMILES string of the molecule is Cn1ccc(CN2CCCOc3ccccc3C(=O)NCC3(CCC2)CCNCC3)n1. The van der Waals surface area contributed by atoms with Crippen molar-refractivity contribution in [2.24, 2.45) is 12.5 Å². The predicted octanol–water partition coefficient (Wildman–Crippen LogP) is 2.58. The lowest BCUT2D eigenvalue weighted by Crippen LogP contribution is -2.45. The van der Waals surface area contributed by atoms with E-state index in [2.05, 4.69) is 26.7 Å². The molecule has 0 saturated carbocycles. The molecule has 7 heteroatoms. The number of fused-ring (bicyclic) bond motifs is 1. The molecule has 1 fully saturated rings. The van der Waals surface area contributed by atoms with Crippen molar-refractivity contribution in [1.82, 2.24) is 25.3 Å². The maximum absolute atomic E-state index is 12.9. The first-order valence-corrected chi connectivity index (χ1v) is 11.6. The monoisotopic (exact) mass is 425 g/mol. The lowest BCUT2D eigenvalue weighted by atomic mass is 9.75. The number of hydrogen-bond donors (Lipinski definition) is 2. The minimum Gasteiger partial charge on any atom is -0.493 e. The van der Waals surface area contributed by atoms with E-state index in [1.54, 1.807) is 0 Å². The number of benzene rings is 1. The van der Waals surface area contributed by atoms with Gasteiger partial charge in [-0.05, 0) is 75.4 Å². The summed E-state index contributed by atoms with van der Waals surface area (Å²) in [5.41, 5.74) is 1.91. The molecule has 1 amide bonds. The first kappa shape index (κ1) is 21.8. The zero-order valence-electron chi connectivity index (χ0n) is 18.6. The van der Waals surface area contributed by atoms with Gasteiger partial charge in [0.25, 0.3) is 5.91 Å². The lowest BCUT2D eigenvalue weighted by Gasteiger charge is -2.38. The van der Waals surface area contributed by atoms with E-state index >= 15 is 0 Å². The van der Waals surface area contributed by atoms with Gasteiger partial charge in [0.1, 0.15) is 5.75 Å². The van der Waals surface area contributed by atoms with Gasteiger partial charge in [-0.15, -0.1) is 0 Å². The number of rotatable bonds is 2. The highest BCUT2D eigenvalue weighted by Crippen LogP contribution is 2.34. The number of aromatic nitrogens is 2. The molecule has 0 bridgehead atoms. The second-order valence-electron chi connectivity index (χ2n) is 8.99. The van der Waals surface area contributed by atoms with Crippen molar-refractivity contribution in [3.8, 4) is 5.75 Å². The highest BCUT2D eigenvalue weighted by atomic mass is 16.5. The van der Waals surface area contributed by atoms with E-state index in [9.17, 15) is 4.79 Å². The van der Waals surface area contributed by atoms with E-state index < -0.39 is 0 Å². The van der Waals surface area contributed by atoms with Crippen molar-refractivity contribution in [1.29, 1.82) is 0 Å². The van der Waals surface area contributed by atoms with Crippen LogP contribution in [0.25, 0.3) is 0 Å². The number of aryl methyl sites for hydroxylation is 1. The van der Waals surface area contributed by atoms with Gasteiger partial charge in [0.2, 0.25) is 0 Å². The zero-order valence-corrected chi connectivity index (χ0v) is 18.6. The largest absolute Gasteiger partial charge is 0.493 e. The van der Waals surface area contributed by atoms with Crippen LogP contribution in [0.1, 0.15) is 48.2 Å².